The summed E-state index contributed by atoms with van der Waals surface area (Å²) in [5.74, 6) is 0.383. The second-order valence-electron chi connectivity index (χ2n) is 5.56. The van der Waals surface area contributed by atoms with E-state index in [1.807, 2.05) is 6.92 Å². The molecule has 0 aliphatic heterocycles. The summed E-state index contributed by atoms with van der Waals surface area (Å²) in [6.07, 6.45) is 0. The van der Waals surface area contributed by atoms with E-state index in [4.69, 9.17) is 16.7 Å². The minimum Gasteiger partial charge on any atom is -0.352 e. The third kappa shape index (κ3) is 4.69. The lowest BCUT2D eigenvalue weighted by Crippen LogP contribution is -2.30. The molecule has 0 saturated carbocycles. The van der Waals surface area contributed by atoms with E-state index in [-0.39, 0.29) is 21.4 Å². The lowest BCUT2D eigenvalue weighted by atomic mass is 9.98. The van der Waals surface area contributed by atoms with Crippen LogP contribution in [0.3, 0.4) is 0 Å². The highest BCUT2D eigenvalue weighted by molar-refractivity contribution is 7.89. The van der Waals surface area contributed by atoms with Crippen LogP contribution in [0.15, 0.2) is 17.0 Å². The van der Waals surface area contributed by atoms with Crippen molar-refractivity contribution in [2.75, 3.05) is 6.54 Å². The van der Waals surface area contributed by atoms with Crippen LogP contribution in [0.2, 0.25) is 5.02 Å². The molecule has 118 valence electrons. The average molecular weight is 333 g/mol. The van der Waals surface area contributed by atoms with Gasteiger partial charge in [0.25, 0.3) is 5.91 Å². The third-order valence-electron chi connectivity index (χ3n) is 3.59. The molecule has 3 N–H and O–H groups in total. The van der Waals surface area contributed by atoms with Crippen molar-refractivity contribution in [2.45, 2.75) is 32.6 Å². The quantitative estimate of drug-likeness (QED) is 0.867. The van der Waals surface area contributed by atoms with Crippen molar-refractivity contribution in [3.63, 3.8) is 0 Å². The Morgan fingerprint density at radius 1 is 1.33 bits per heavy atom. The Labute approximate surface area is 130 Å². The van der Waals surface area contributed by atoms with E-state index < -0.39 is 10.0 Å². The number of sulfonamides is 1. The maximum atomic E-state index is 12.1. The Morgan fingerprint density at radius 2 is 1.90 bits per heavy atom. The highest BCUT2D eigenvalue weighted by atomic mass is 35.5. The van der Waals surface area contributed by atoms with Crippen molar-refractivity contribution in [3.8, 4) is 0 Å². The number of nitrogens with two attached hydrogens (primary N) is 1. The topological polar surface area (TPSA) is 89.3 Å². The van der Waals surface area contributed by atoms with Gasteiger partial charge in [0.2, 0.25) is 10.0 Å². The van der Waals surface area contributed by atoms with Crippen LogP contribution in [0.1, 0.15) is 36.7 Å². The summed E-state index contributed by atoms with van der Waals surface area (Å²) >= 11 is 5.98. The second kappa shape index (κ2) is 6.77. The van der Waals surface area contributed by atoms with E-state index in [2.05, 4.69) is 19.2 Å². The molecule has 21 heavy (non-hydrogen) atoms. The molecule has 1 aromatic rings. The van der Waals surface area contributed by atoms with Gasteiger partial charge in [0.1, 0.15) is 0 Å². The molecule has 0 bridgehead atoms. The largest absolute Gasteiger partial charge is 0.352 e. The van der Waals surface area contributed by atoms with Crippen LogP contribution >= 0.6 is 11.6 Å². The standard InChI is InChI=1S/C14H21ClN2O3S/c1-8(2)9(3)7-17-14(18)11-5-12(15)10(4)13(6-11)21(16,19)20/h5-6,8-9H,7H2,1-4H3,(H,17,18)(H2,16,19,20). The number of amides is 1. The Kier molecular flexibility index (Phi) is 5.78. The lowest BCUT2D eigenvalue weighted by Gasteiger charge is -2.16. The molecule has 1 atom stereocenters. The number of rotatable bonds is 5. The maximum absolute atomic E-state index is 12.1. The molecular weight excluding hydrogens is 312 g/mol. The molecule has 0 aliphatic rings. The molecule has 0 aliphatic carbocycles. The number of carbonyl (C=O) groups excluding carboxylic acids is 1. The van der Waals surface area contributed by atoms with Crippen molar-refractivity contribution in [2.24, 2.45) is 17.0 Å². The van der Waals surface area contributed by atoms with Crippen molar-refractivity contribution in [3.05, 3.63) is 28.3 Å². The van der Waals surface area contributed by atoms with E-state index in [0.717, 1.165) is 0 Å². The molecule has 1 unspecified atom stereocenters. The van der Waals surface area contributed by atoms with Crippen LogP contribution in [-0.4, -0.2) is 20.9 Å². The molecule has 0 fully saturated rings. The lowest BCUT2D eigenvalue weighted by molar-refractivity contribution is 0.0944. The number of hydrogen-bond donors (Lipinski definition) is 2. The number of benzene rings is 1. The highest BCUT2D eigenvalue weighted by Gasteiger charge is 2.18. The first-order chi connectivity index (χ1) is 9.54. The van der Waals surface area contributed by atoms with Crippen molar-refractivity contribution in [1.82, 2.24) is 5.32 Å². The van der Waals surface area contributed by atoms with Gasteiger partial charge >= 0.3 is 0 Å². The Bertz CT molecular complexity index is 642. The first-order valence-corrected chi connectivity index (χ1v) is 8.57. The average Bonchev–Trinajstić information content (AvgIpc) is 2.36. The second-order valence-corrected chi connectivity index (χ2v) is 7.49. The number of halogens is 1. The first kappa shape index (κ1) is 17.9. The van der Waals surface area contributed by atoms with Gasteiger partial charge in [-0.05, 0) is 36.5 Å². The van der Waals surface area contributed by atoms with Crippen LogP contribution < -0.4 is 10.5 Å². The fourth-order valence-electron chi connectivity index (χ4n) is 1.67. The molecule has 1 rings (SSSR count). The zero-order valence-corrected chi connectivity index (χ0v) is 14.2. The predicted octanol–water partition coefficient (Wildman–Crippen LogP) is 2.32. The van der Waals surface area contributed by atoms with E-state index >= 15 is 0 Å². The van der Waals surface area contributed by atoms with Crippen LogP contribution in [0.25, 0.3) is 0 Å². The molecule has 0 heterocycles. The summed E-state index contributed by atoms with van der Waals surface area (Å²) < 4.78 is 23.0. The van der Waals surface area contributed by atoms with Gasteiger partial charge in [-0.25, -0.2) is 13.6 Å². The van der Waals surface area contributed by atoms with Crippen LogP contribution in [0.4, 0.5) is 0 Å². The molecule has 5 nitrogen and oxygen atoms in total. The highest BCUT2D eigenvalue weighted by Crippen LogP contribution is 2.24. The monoisotopic (exact) mass is 332 g/mol. The van der Waals surface area contributed by atoms with E-state index in [0.29, 0.717) is 23.9 Å². The van der Waals surface area contributed by atoms with Gasteiger partial charge in [0.15, 0.2) is 0 Å². The molecule has 0 aromatic heterocycles. The number of primary sulfonamides is 1. The fraction of sp³-hybridized carbons (Fsp3) is 0.500. The Balaban J connectivity index is 3.04. The molecule has 1 aromatic carbocycles. The zero-order valence-electron chi connectivity index (χ0n) is 12.6. The summed E-state index contributed by atoms with van der Waals surface area (Å²) in [6, 6.07) is 2.70. The number of hydrogen-bond acceptors (Lipinski definition) is 3. The SMILES string of the molecule is Cc1c(Cl)cc(C(=O)NCC(C)C(C)C)cc1S(N)(=O)=O. The molecule has 0 saturated heterocycles. The number of nitrogens with one attached hydrogen (secondary N) is 1. The Hall–Kier alpha value is -1.11. The summed E-state index contributed by atoms with van der Waals surface area (Å²) in [6.45, 7) is 8.22. The van der Waals surface area contributed by atoms with E-state index in [1.165, 1.54) is 12.1 Å². The van der Waals surface area contributed by atoms with Gasteiger partial charge < -0.3 is 5.32 Å². The summed E-state index contributed by atoms with van der Waals surface area (Å²) in [7, 11) is -3.92. The summed E-state index contributed by atoms with van der Waals surface area (Å²) in [4.78, 5) is 12.0. The minimum atomic E-state index is -3.92. The molecule has 0 radical (unpaired) electrons. The molecular formula is C14H21ClN2O3S. The van der Waals surface area contributed by atoms with Crippen LogP contribution in [-0.2, 0) is 10.0 Å². The maximum Gasteiger partial charge on any atom is 0.251 e. The number of carbonyl (C=O) groups is 1. The Morgan fingerprint density at radius 3 is 2.38 bits per heavy atom. The minimum absolute atomic E-state index is 0.128. The van der Waals surface area contributed by atoms with Gasteiger partial charge in [-0.15, -0.1) is 0 Å². The summed E-state index contributed by atoms with van der Waals surface area (Å²) in [5.41, 5.74) is 0.525. The molecule has 7 heteroatoms. The predicted molar refractivity (Wildman–Crippen MR) is 83.9 cm³/mol. The van der Waals surface area contributed by atoms with Gasteiger partial charge in [0.05, 0.1) is 4.90 Å². The van der Waals surface area contributed by atoms with Gasteiger partial charge in [0, 0.05) is 17.1 Å². The molecule has 1 amide bonds. The zero-order chi connectivity index (χ0) is 16.4. The van der Waals surface area contributed by atoms with Crippen molar-refractivity contribution in [1.29, 1.82) is 0 Å². The van der Waals surface area contributed by atoms with Gasteiger partial charge in [-0.2, -0.15) is 0 Å². The van der Waals surface area contributed by atoms with E-state index in [1.54, 1.807) is 6.92 Å². The van der Waals surface area contributed by atoms with Crippen molar-refractivity contribution >= 4 is 27.5 Å². The third-order valence-corrected chi connectivity index (χ3v) is 5.02. The van der Waals surface area contributed by atoms with Crippen LogP contribution in [0, 0.1) is 18.8 Å². The fourth-order valence-corrected chi connectivity index (χ4v) is 2.78. The normalized spacial score (nSPS) is 13.3. The first-order valence-electron chi connectivity index (χ1n) is 6.65. The van der Waals surface area contributed by atoms with E-state index in [9.17, 15) is 13.2 Å². The van der Waals surface area contributed by atoms with Gasteiger partial charge in [-0.1, -0.05) is 32.4 Å². The van der Waals surface area contributed by atoms with Gasteiger partial charge in [-0.3, -0.25) is 4.79 Å². The van der Waals surface area contributed by atoms with Crippen LogP contribution in [0.5, 0.6) is 0 Å². The smallest absolute Gasteiger partial charge is 0.251 e. The summed E-state index contributed by atoms with van der Waals surface area (Å²) in [5, 5.41) is 8.11. The van der Waals surface area contributed by atoms with Crippen molar-refractivity contribution < 1.29 is 13.2 Å². The molecule has 0 spiro atoms.